The Morgan fingerprint density at radius 1 is 1.40 bits per heavy atom. The summed E-state index contributed by atoms with van der Waals surface area (Å²) in [6.07, 6.45) is 0. The zero-order valence-electron chi connectivity index (χ0n) is 10.4. The predicted molar refractivity (Wildman–Crippen MR) is 66.6 cm³/mol. The number of carbonyl (C=O) groups is 2. The van der Waals surface area contributed by atoms with Crippen molar-refractivity contribution in [1.82, 2.24) is 4.72 Å². The van der Waals surface area contributed by atoms with Crippen LogP contribution in [0, 0.1) is 0 Å². The minimum atomic E-state index is -4.18. The number of methoxy groups -OCH3 is 1. The molecule has 0 aliphatic carbocycles. The molecule has 0 fully saturated rings. The number of aliphatic hydroxyl groups is 1. The third kappa shape index (κ3) is 3.76. The number of benzene rings is 1. The third-order valence-corrected chi connectivity index (χ3v) is 3.81. The van der Waals surface area contributed by atoms with Gasteiger partial charge < -0.3 is 14.9 Å². The molecule has 0 aliphatic heterocycles. The molecule has 110 valence electrons. The smallest absolute Gasteiger partial charge is 0.337 e. The van der Waals surface area contributed by atoms with Gasteiger partial charge in [0.15, 0.2) is 0 Å². The first-order valence-corrected chi connectivity index (χ1v) is 6.84. The SMILES string of the molecule is COC(=O)c1cccc(S(=O)(=O)N[C@H](CO)C(=O)O)c1. The summed E-state index contributed by atoms with van der Waals surface area (Å²) in [6.45, 7) is -0.898. The van der Waals surface area contributed by atoms with Crippen LogP contribution in [0.2, 0.25) is 0 Å². The third-order valence-electron chi connectivity index (χ3n) is 2.34. The fraction of sp³-hybridized carbons (Fsp3) is 0.273. The van der Waals surface area contributed by atoms with Gasteiger partial charge in [0.25, 0.3) is 0 Å². The lowest BCUT2D eigenvalue weighted by molar-refractivity contribution is -0.139. The van der Waals surface area contributed by atoms with Crippen LogP contribution in [0.15, 0.2) is 29.2 Å². The molecule has 9 heteroatoms. The highest BCUT2D eigenvalue weighted by molar-refractivity contribution is 7.89. The summed E-state index contributed by atoms with van der Waals surface area (Å²) in [4.78, 5) is 21.7. The first-order chi connectivity index (χ1) is 9.31. The maximum atomic E-state index is 11.9. The van der Waals surface area contributed by atoms with E-state index in [9.17, 15) is 18.0 Å². The Morgan fingerprint density at radius 2 is 2.05 bits per heavy atom. The minimum Gasteiger partial charge on any atom is -0.480 e. The van der Waals surface area contributed by atoms with Gasteiger partial charge in [0.05, 0.1) is 24.2 Å². The first-order valence-electron chi connectivity index (χ1n) is 5.36. The number of sulfonamides is 1. The number of aliphatic hydroxyl groups excluding tert-OH is 1. The summed E-state index contributed by atoms with van der Waals surface area (Å²) in [5, 5.41) is 17.5. The van der Waals surface area contributed by atoms with Gasteiger partial charge in [-0.15, -0.1) is 0 Å². The number of aliphatic carboxylic acids is 1. The Kier molecular flexibility index (Phi) is 5.19. The molecular weight excluding hydrogens is 290 g/mol. The van der Waals surface area contributed by atoms with Crippen LogP contribution in [0.4, 0.5) is 0 Å². The zero-order chi connectivity index (χ0) is 15.3. The highest BCUT2D eigenvalue weighted by Gasteiger charge is 2.25. The van der Waals surface area contributed by atoms with E-state index in [0.29, 0.717) is 0 Å². The molecule has 1 rings (SSSR count). The van der Waals surface area contributed by atoms with Crippen molar-refractivity contribution in [1.29, 1.82) is 0 Å². The molecular formula is C11H13NO7S. The summed E-state index contributed by atoms with van der Waals surface area (Å²) in [7, 11) is -3.03. The summed E-state index contributed by atoms with van der Waals surface area (Å²) in [5.41, 5.74) is 0.00579. The average molecular weight is 303 g/mol. The summed E-state index contributed by atoms with van der Waals surface area (Å²) >= 11 is 0. The van der Waals surface area contributed by atoms with E-state index >= 15 is 0 Å². The van der Waals surface area contributed by atoms with Gasteiger partial charge in [0, 0.05) is 0 Å². The molecule has 0 heterocycles. The van der Waals surface area contributed by atoms with E-state index in [-0.39, 0.29) is 10.5 Å². The van der Waals surface area contributed by atoms with Gasteiger partial charge in [-0.2, -0.15) is 4.72 Å². The molecule has 0 bridgehead atoms. The largest absolute Gasteiger partial charge is 0.480 e. The summed E-state index contributed by atoms with van der Waals surface area (Å²) in [6, 6.07) is 3.23. The molecule has 0 aromatic heterocycles. The highest BCUT2D eigenvalue weighted by Crippen LogP contribution is 2.12. The Balaban J connectivity index is 3.10. The fourth-order valence-electron chi connectivity index (χ4n) is 1.33. The first kappa shape index (κ1) is 16.1. The van der Waals surface area contributed by atoms with Crippen molar-refractivity contribution >= 4 is 22.0 Å². The van der Waals surface area contributed by atoms with Crippen molar-refractivity contribution in [3.63, 3.8) is 0 Å². The van der Waals surface area contributed by atoms with E-state index in [1.165, 1.54) is 18.2 Å². The monoisotopic (exact) mass is 303 g/mol. The molecule has 3 N–H and O–H groups in total. The number of nitrogens with one attached hydrogen (secondary N) is 1. The van der Waals surface area contributed by atoms with Gasteiger partial charge in [-0.05, 0) is 18.2 Å². The Morgan fingerprint density at radius 3 is 2.55 bits per heavy atom. The number of carboxylic acid groups (broad SMARTS) is 1. The van der Waals surface area contributed by atoms with Crippen LogP contribution in [0.5, 0.6) is 0 Å². The van der Waals surface area contributed by atoms with E-state index in [4.69, 9.17) is 10.2 Å². The van der Waals surface area contributed by atoms with Crippen molar-refractivity contribution in [3.05, 3.63) is 29.8 Å². The van der Waals surface area contributed by atoms with Gasteiger partial charge in [0.1, 0.15) is 6.04 Å². The highest BCUT2D eigenvalue weighted by atomic mass is 32.2. The lowest BCUT2D eigenvalue weighted by Gasteiger charge is -2.12. The molecule has 0 unspecified atom stereocenters. The Labute approximate surface area is 115 Å². The van der Waals surface area contributed by atoms with E-state index in [1.54, 1.807) is 0 Å². The molecule has 0 saturated carbocycles. The van der Waals surface area contributed by atoms with E-state index in [1.807, 2.05) is 4.72 Å². The van der Waals surface area contributed by atoms with Crippen molar-refractivity contribution in [2.75, 3.05) is 13.7 Å². The second-order valence-electron chi connectivity index (χ2n) is 3.71. The predicted octanol–water partition coefficient (Wildman–Crippen LogP) is -0.803. The number of esters is 1. The van der Waals surface area contributed by atoms with Crippen LogP contribution >= 0.6 is 0 Å². The minimum absolute atomic E-state index is 0.00579. The van der Waals surface area contributed by atoms with Gasteiger partial charge in [-0.3, -0.25) is 4.79 Å². The zero-order valence-corrected chi connectivity index (χ0v) is 11.3. The molecule has 8 nitrogen and oxygen atoms in total. The van der Waals surface area contributed by atoms with Crippen LogP contribution in [0.1, 0.15) is 10.4 Å². The second kappa shape index (κ2) is 6.46. The average Bonchev–Trinajstić information content (AvgIpc) is 2.43. The van der Waals surface area contributed by atoms with Gasteiger partial charge in [0.2, 0.25) is 10.0 Å². The van der Waals surface area contributed by atoms with Crippen LogP contribution < -0.4 is 4.72 Å². The standard InChI is InChI=1S/C11H13NO7S/c1-19-11(16)7-3-2-4-8(5-7)20(17,18)12-9(6-13)10(14)15/h2-5,9,12-13H,6H2,1H3,(H,14,15)/t9-/m1/s1. The van der Waals surface area contributed by atoms with E-state index < -0.39 is 34.6 Å². The van der Waals surface area contributed by atoms with Gasteiger partial charge in [-0.1, -0.05) is 6.07 Å². The molecule has 1 aromatic rings. The molecule has 1 atom stereocenters. The van der Waals surface area contributed by atoms with Crippen molar-refractivity contribution < 1.29 is 33.0 Å². The van der Waals surface area contributed by atoms with Crippen LogP contribution in [0.3, 0.4) is 0 Å². The lowest BCUT2D eigenvalue weighted by Crippen LogP contribution is -2.43. The molecule has 20 heavy (non-hydrogen) atoms. The maximum absolute atomic E-state index is 11.9. The van der Waals surface area contributed by atoms with Crippen LogP contribution in [-0.2, 0) is 19.6 Å². The Hall–Kier alpha value is -1.97. The Bertz CT molecular complexity index is 611. The maximum Gasteiger partial charge on any atom is 0.337 e. The van der Waals surface area contributed by atoms with Crippen molar-refractivity contribution in [3.8, 4) is 0 Å². The van der Waals surface area contributed by atoms with Gasteiger partial charge in [-0.25, -0.2) is 13.2 Å². The summed E-state index contributed by atoms with van der Waals surface area (Å²) < 4.78 is 30.1. The molecule has 0 saturated heterocycles. The molecule has 1 aromatic carbocycles. The number of rotatable bonds is 6. The van der Waals surface area contributed by atoms with Gasteiger partial charge >= 0.3 is 11.9 Å². The molecule has 0 spiro atoms. The topological polar surface area (TPSA) is 130 Å². The number of carbonyl (C=O) groups excluding carboxylic acids is 1. The summed E-state index contributed by atoms with van der Waals surface area (Å²) in [5.74, 6) is -2.24. The van der Waals surface area contributed by atoms with E-state index in [2.05, 4.69) is 4.74 Å². The van der Waals surface area contributed by atoms with E-state index in [0.717, 1.165) is 13.2 Å². The van der Waals surface area contributed by atoms with Crippen molar-refractivity contribution in [2.24, 2.45) is 0 Å². The quantitative estimate of drug-likeness (QED) is 0.586. The number of hydrogen-bond donors (Lipinski definition) is 3. The number of ether oxygens (including phenoxy) is 1. The normalized spacial score (nSPS) is 12.7. The lowest BCUT2D eigenvalue weighted by atomic mass is 10.2. The molecule has 0 aliphatic rings. The fourth-order valence-corrected chi connectivity index (χ4v) is 2.56. The molecule has 0 amide bonds. The van der Waals surface area contributed by atoms with Crippen LogP contribution in [-0.4, -0.2) is 50.3 Å². The number of carboxylic acids is 1. The number of hydrogen-bond acceptors (Lipinski definition) is 6. The van der Waals surface area contributed by atoms with Crippen LogP contribution in [0.25, 0.3) is 0 Å². The second-order valence-corrected chi connectivity index (χ2v) is 5.43. The van der Waals surface area contributed by atoms with Crippen molar-refractivity contribution in [2.45, 2.75) is 10.9 Å². The molecule has 0 radical (unpaired) electrons.